The minimum Gasteiger partial charge on any atom is -0.494 e. The zero-order valence-corrected chi connectivity index (χ0v) is 15.8. The maximum Gasteiger partial charge on any atom is 0.331 e. The van der Waals surface area contributed by atoms with E-state index in [9.17, 15) is 14.0 Å². The van der Waals surface area contributed by atoms with E-state index in [4.69, 9.17) is 14.7 Å². The van der Waals surface area contributed by atoms with Crippen LogP contribution in [0.4, 0.5) is 10.1 Å². The van der Waals surface area contributed by atoms with E-state index in [-0.39, 0.29) is 11.5 Å². The Morgan fingerprint density at radius 2 is 2.07 bits per heavy atom. The number of halogens is 1. The largest absolute Gasteiger partial charge is 0.494 e. The number of amides is 1. The van der Waals surface area contributed by atoms with Crippen LogP contribution in [0.25, 0.3) is 6.08 Å². The van der Waals surface area contributed by atoms with Gasteiger partial charge in [0.25, 0.3) is 5.91 Å². The number of carbonyl (C=O) groups excluding carboxylic acids is 2. The van der Waals surface area contributed by atoms with E-state index in [0.717, 1.165) is 11.0 Å². The van der Waals surface area contributed by atoms with Crippen molar-refractivity contribution >= 4 is 35.4 Å². The molecule has 0 atom stereocenters. The van der Waals surface area contributed by atoms with Crippen molar-refractivity contribution in [1.29, 1.82) is 5.26 Å². The Morgan fingerprint density at radius 3 is 2.79 bits per heavy atom. The van der Waals surface area contributed by atoms with Gasteiger partial charge in [-0.3, -0.25) is 4.79 Å². The van der Waals surface area contributed by atoms with Crippen LogP contribution in [0.15, 0.2) is 53.4 Å². The molecule has 0 spiro atoms. The van der Waals surface area contributed by atoms with Crippen LogP contribution in [0.1, 0.15) is 5.56 Å². The first-order valence-corrected chi connectivity index (χ1v) is 9.09. The van der Waals surface area contributed by atoms with Gasteiger partial charge in [0.1, 0.15) is 0 Å². The van der Waals surface area contributed by atoms with Crippen LogP contribution in [0.5, 0.6) is 5.75 Å². The zero-order chi connectivity index (χ0) is 20.4. The average Bonchev–Trinajstić information content (AvgIpc) is 2.70. The maximum absolute atomic E-state index is 13.6. The molecule has 0 heterocycles. The molecule has 0 aromatic heterocycles. The van der Waals surface area contributed by atoms with Crippen molar-refractivity contribution in [1.82, 2.24) is 0 Å². The number of rotatable bonds is 8. The summed E-state index contributed by atoms with van der Waals surface area (Å²) < 4.78 is 23.3. The van der Waals surface area contributed by atoms with Crippen LogP contribution < -0.4 is 10.1 Å². The predicted molar refractivity (Wildman–Crippen MR) is 104 cm³/mol. The van der Waals surface area contributed by atoms with Gasteiger partial charge < -0.3 is 14.8 Å². The van der Waals surface area contributed by atoms with Gasteiger partial charge in [0.05, 0.1) is 24.6 Å². The molecule has 8 heteroatoms. The second-order valence-corrected chi connectivity index (χ2v) is 6.34. The van der Waals surface area contributed by atoms with Gasteiger partial charge in [-0.15, -0.1) is 11.8 Å². The van der Waals surface area contributed by atoms with E-state index in [1.807, 2.05) is 6.07 Å². The standard InChI is InChI=1S/C20H17FN2O4S/c1-26-17-8-6-14(12-15(17)21)7-9-20(25)27-13-19(24)23-16-4-2-3-5-18(16)28-11-10-22/h2-9,12H,11,13H2,1H3,(H,23,24)/b9-7+. The molecule has 0 saturated carbocycles. The summed E-state index contributed by atoms with van der Waals surface area (Å²) in [5.74, 6) is -1.45. The van der Waals surface area contributed by atoms with Crippen LogP contribution in [0, 0.1) is 17.1 Å². The number of nitrogens with zero attached hydrogens (tertiary/aromatic N) is 1. The van der Waals surface area contributed by atoms with E-state index < -0.39 is 24.3 Å². The molecule has 0 aliphatic heterocycles. The highest BCUT2D eigenvalue weighted by Gasteiger charge is 2.09. The SMILES string of the molecule is COc1ccc(/C=C/C(=O)OCC(=O)Nc2ccccc2SCC#N)cc1F. The number of methoxy groups -OCH3 is 1. The molecule has 2 rings (SSSR count). The van der Waals surface area contributed by atoms with Gasteiger partial charge in [0.2, 0.25) is 0 Å². The summed E-state index contributed by atoms with van der Waals surface area (Å²) in [7, 11) is 1.36. The molecule has 144 valence electrons. The molecule has 0 aliphatic rings. The van der Waals surface area contributed by atoms with E-state index in [1.165, 1.54) is 37.1 Å². The number of carbonyl (C=O) groups is 2. The fourth-order valence-corrected chi connectivity index (χ4v) is 2.80. The summed E-state index contributed by atoms with van der Waals surface area (Å²) in [4.78, 5) is 24.5. The van der Waals surface area contributed by atoms with E-state index in [1.54, 1.807) is 30.3 Å². The van der Waals surface area contributed by atoms with E-state index in [0.29, 0.717) is 11.3 Å². The first kappa shape index (κ1) is 21.0. The molecular weight excluding hydrogens is 383 g/mol. The smallest absolute Gasteiger partial charge is 0.331 e. The van der Waals surface area contributed by atoms with Crippen LogP contribution in [0.3, 0.4) is 0 Å². The number of para-hydroxylation sites is 1. The van der Waals surface area contributed by atoms with E-state index >= 15 is 0 Å². The van der Waals surface area contributed by atoms with Gasteiger partial charge in [-0.05, 0) is 35.9 Å². The van der Waals surface area contributed by atoms with Gasteiger partial charge >= 0.3 is 5.97 Å². The summed E-state index contributed by atoms with van der Waals surface area (Å²) >= 11 is 1.29. The highest BCUT2D eigenvalue weighted by atomic mass is 32.2. The topological polar surface area (TPSA) is 88.4 Å². The summed E-state index contributed by atoms with van der Waals surface area (Å²) in [5, 5.41) is 11.3. The highest BCUT2D eigenvalue weighted by Crippen LogP contribution is 2.26. The van der Waals surface area contributed by atoms with E-state index in [2.05, 4.69) is 5.32 Å². The molecule has 0 bridgehead atoms. The van der Waals surface area contributed by atoms with Crippen molar-refractivity contribution in [2.45, 2.75) is 4.90 Å². The first-order chi connectivity index (χ1) is 13.5. The normalized spacial score (nSPS) is 10.3. The fraction of sp³-hybridized carbons (Fsp3) is 0.150. The second kappa shape index (κ2) is 10.7. The van der Waals surface area contributed by atoms with Crippen LogP contribution in [-0.2, 0) is 14.3 Å². The fourth-order valence-electron chi connectivity index (χ4n) is 2.13. The van der Waals surface area contributed by atoms with Gasteiger partial charge in [0.15, 0.2) is 18.2 Å². The average molecular weight is 400 g/mol. The predicted octanol–water partition coefficient (Wildman–Crippen LogP) is 3.65. The van der Waals surface area contributed by atoms with Gasteiger partial charge in [-0.25, -0.2) is 9.18 Å². The molecule has 1 N–H and O–H groups in total. The molecular formula is C20H17FN2O4S. The quantitative estimate of drug-likeness (QED) is 0.413. The number of thioether (sulfide) groups is 1. The lowest BCUT2D eigenvalue weighted by Crippen LogP contribution is -2.20. The lowest BCUT2D eigenvalue weighted by molar-refractivity contribution is -0.142. The van der Waals surface area contributed by atoms with Crippen molar-refractivity contribution in [2.75, 3.05) is 24.8 Å². The third-order valence-electron chi connectivity index (χ3n) is 3.39. The third kappa shape index (κ3) is 6.45. The molecule has 0 unspecified atom stereocenters. The third-order valence-corrected chi connectivity index (χ3v) is 4.33. The number of nitriles is 1. The minimum absolute atomic E-state index is 0.101. The van der Waals surface area contributed by atoms with Crippen LogP contribution in [0.2, 0.25) is 0 Å². The molecule has 0 fully saturated rings. The van der Waals surface area contributed by atoms with Gasteiger partial charge in [0, 0.05) is 11.0 Å². The number of nitrogens with one attached hydrogen (secondary N) is 1. The summed E-state index contributed by atoms with van der Waals surface area (Å²) in [6, 6.07) is 13.3. The van der Waals surface area contributed by atoms with Crippen molar-refractivity contribution in [3.63, 3.8) is 0 Å². The Morgan fingerprint density at radius 1 is 1.29 bits per heavy atom. The Balaban J connectivity index is 1.87. The lowest BCUT2D eigenvalue weighted by Gasteiger charge is -2.09. The number of hydrogen-bond acceptors (Lipinski definition) is 6. The lowest BCUT2D eigenvalue weighted by atomic mass is 10.2. The van der Waals surface area contributed by atoms with Crippen molar-refractivity contribution < 1.29 is 23.5 Å². The Labute approximate surface area is 165 Å². The second-order valence-electron chi connectivity index (χ2n) is 5.33. The number of ether oxygens (including phenoxy) is 2. The molecule has 0 saturated heterocycles. The van der Waals surface area contributed by atoms with Crippen molar-refractivity contribution in [3.8, 4) is 11.8 Å². The zero-order valence-electron chi connectivity index (χ0n) is 15.0. The van der Waals surface area contributed by atoms with Crippen molar-refractivity contribution in [3.05, 3.63) is 59.9 Å². The molecule has 0 radical (unpaired) electrons. The summed E-state index contributed by atoms with van der Waals surface area (Å²) in [6.45, 7) is -0.475. The molecule has 0 aliphatic carbocycles. The number of hydrogen-bond donors (Lipinski definition) is 1. The molecule has 2 aromatic carbocycles. The summed E-state index contributed by atoms with van der Waals surface area (Å²) in [5.41, 5.74) is 0.983. The molecule has 6 nitrogen and oxygen atoms in total. The Bertz CT molecular complexity index is 925. The summed E-state index contributed by atoms with van der Waals surface area (Å²) in [6.07, 6.45) is 2.47. The molecule has 1 amide bonds. The first-order valence-electron chi connectivity index (χ1n) is 8.10. The minimum atomic E-state index is -0.737. The van der Waals surface area contributed by atoms with Gasteiger partial charge in [-0.1, -0.05) is 18.2 Å². The highest BCUT2D eigenvalue weighted by molar-refractivity contribution is 7.99. The van der Waals surface area contributed by atoms with Gasteiger partial charge in [-0.2, -0.15) is 5.26 Å². The Hall–Kier alpha value is -3.31. The monoisotopic (exact) mass is 400 g/mol. The van der Waals surface area contributed by atoms with Crippen LogP contribution in [-0.4, -0.2) is 31.3 Å². The number of esters is 1. The Kier molecular flexibility index (Phi) is 8.06. The number of benzene rings is 2. The maximum atomic E-state index is 13.6. The number of anilines is 1. The van der Waals surface area contributed by atoms with Crippen molar-refractivity contribution in [2.24, 2.45) is 0 Å². The van der Waals surface area contributed by atoms with Crippen LogP contribution >= 0.6 is 11.8 Å². The molecule has 28 heavy (non-hydrogen) atoms. The molecule has 2 aromatic rings.